The second kappa shape index (κ2) is 10.1. The average Bonchev–Trinajstić information content (AvgIpc) is 3.58. The second-order valence-electron chi connectivity index (χ2n) is 14.4. The van der Waals surface area contributed by atoms with E-state index in [0.29, 0.717) is 5.92 Å². The molecule has 0 fully saturated rings. The number of aromatic nitrogens is 1. The molecule has 2 nitrogen and oxygen atoms in total. The maximum absolute atomic E-state index is 5.41. The SMILES string of the molecule is CC1(C)C(c2ccccc2)=Nc2c1ccc1c2c2ccccc2n1-c1cccc(CC2c3ccccc3C(C)(C)c3ccccc32)c1. The Labute approximate surface area is 277 Å². The van der Waals surface area contributed by atoms with Crippen molar-refractivity contribution in [2.24, 2.45) is 4.99 Å². The Morgan fingerprint density at radius 1 is 0.574 bits per heavy atom. The van der Waals surface area contributed by atoms with Crippen LogP contribution in [0.5, 0.6) is 0 Å². The van der Waals surface area contributed by atoms with Gasteiger partial charge < -0.3 is 4.57 Å². The van der Waals surface area contributed by atoms with Crippen LogP contribution in [0.15, 0.2) is 145 Å². The second-order valence-corrected chi connectivity index (χ2v) is 14.4. The number of benzene rings is 6. The number of fused-ring (bicyclic) bond motifs is 7. The summed E-state index contributed by atoms with van der Waals surface area (Å²) in [4.78, 5) is 5.41. The van der Waals surface area contributed by atoms with Crippen molar-refractivity contribution in [1.29, 1.82) is 0 Å². The fourth-order valence-corrected chi connectivity index (χ4v) is 8.67. The zero-order valence-corrected chi connectivity index (χ0v) is 27.5. The largest absolute Gasteiger partial charge is 0.309 e. The van der Waals surface area contributed by atoms with Crippen molar-refractivity contribution in [2.75, 3.05) is 0 Å². The minimum Gasteiger partial charge on any atom is -0.309 e. The van der Waals surface area contributed by atoms with Gasteiger partial charge in [-0.1, -0.05) is 143 Å². The highest BCUT2D eigenvalue weighted by Crippen LogP contribution is 2.50. The molecule has 1 aliphatic carbocycles. The molecule has 2 aliphatic rings. The van der Waals surface area contributed by atoms with Crippen LogP contribution in [-0.4, -0.2) is 10.3 Å². The van der Waals surface area contributed by atoms with Gasteiger partial charge in [0.2, 0.25) is 0 Å². The summed E-state index contributed by atoms with van der Waals surface area (Å²) >= 11 is 0. The Kier molecular flexibility index (Phi) is 6.05. The van der Waals surface area contributed by atoms with Crippen molar-refractivity contribution in [3.05, 3.63) is 178 Å². The maximum atomic E-state index is 5.41. The molecule has 0 N–H and O–H groups in total. The summed E-state index contributed by atoms with van der Waals surface area (Å²) in [6.45, 7) is 9.35. The quantitative estimate of drug-likeness (QED) is 0.190. The summed E-state index contributed by atoms with van der Waals surface area (Å²) in [7, 11) is 0. The lowest BCUT2D eigenvalue weighted by molar-refractivity contribution is 0.579. The van der Waals surface area contributed by atoms with E-state index in [2.05, 4.69) is 172 Å². The average molecular weight is 607 g/mol. The molecule has 0 radical (unpaired) electrons. The van der Waals surface area contributed by atoms with E-state index in [1.54, 1.807) is 0 Å². The van der Waals surface area contributed by atoms with Gasteiger partial charge >= 0.3 is 0 Å². The van der Waals surface area contributed by atoms with Gasteiger partial charge in [0.25, 0.3) is 0 Å². The molecule has 9 rings (SSSR count). The first-order valence-electron chi connectivity index (χ1n) is 16.8. The molecule has 1 aliphatic heterocycles. The molecule has 1 aromatic heterocycles. The Hall–Kier alpha value is -5.21. The summed E-state index contributed by atoms with van der Waals surface area (Å²) in [5.74, 6) is 0.306. The minimum absolute atomic E-state index is 0.0216. The van der Waals surface area contributed by atoms with Gasteiger partial charge in [0.15, 0.2) is 0 Å². The molecular formula is C45H38N2. The normalized spacial score (nSPS) is 16.1. The molecule has 0 bridgehead atoms. The van der Waals surface area contributed by atoms with Crippen molar-refractivity contribution < 1.29 is 0 Å². The van der Waals surface area contributed by atoms with Crippen LogP contribution in [0.1, 0.15) is 72.6 Å². The molecule has 0 atom stereocenters. The van der Waals surface area contributed by atoms with Crippen molar-refractivity contribution in [3.63, 3.8) is 0 Å². The minimum atomic E-state index is -0.185. The van der Waals surface area contributed by atoms with E-state index >= 15 is 0 Å². The Bertz CT molecular complexity index is 2340. The van der Waals surface area contributed by atoms with Gasteiger partial charge in [0, 0.05) is 33.2 Å². The fraction of sp³-hybridized carbons (Fsp3) is 0.178. The highest BCUT2D eigenvalue weighted by atomic mass is 15.0. The van der Waals surface area contributed by atoms with Crippen molar-refractivity contribution >= 4 is 33.2 Å². The number of para-hydroxylation sites is 1. The first kappa shape index (κ1) is 28.0. The van der Waals surface area contributed by atoms with E-state index in [4.69, 9.17) is 4.99 Å². The third-order valence-corrected chi connectivity index (χ3v) is 11.0. The summed E-state index contributed by atoms with van der Waals surface area (Å²) in [5, 5.41) is 2.48. The summed E-state index contributed by atoms with van der Waals surface area (Å²) in [6.07, 6.45) is 0.948. The van der Waals surface area contributed by atoms with E-state index in [1.165, 1.54) is 66.4 Å². The van der Waals surface area contributed by atoms with Crippen molar-refractivity contribution in [2.45, 2.75) is 50.9 Å². The van der Waals surface area contributed by atoms with Gasteiger partial charge in [-0.2, -0.15) is 0 Å². The van der Waals surface area contributed by atoms with Crippen LogP contribution in [0.3, 0.4) is 0 Å². The molecular weight excluding hydrogens is 569 g/mol. The van der Waals surface area contributed by atoms with Crippen LogP contribution >= 0.6 is 0 Å². The topological polar surface area (TPSA) is 17.3 Å². The lowest BCUT2D eigenvalue weighted by Crippen LogP contribution is -2.30. The molecule has 0 saturated heterocycles. The molecule has 0 amide bonds. The van der Waals surface area contributed by atoms with Crippen LogP contribution < -0.4 is 0 Å². The maximum Gasteiger partial charge on any atom is 0.0775 e. The number of rotatable bonds is 4. The van der Waals surface area contributed by atoms with E-state index < -0.39 is 0 Å². The van der Waals surface area contributed by atoms with Crippen molar-refractivity contribution in [1.82, 2.24) is 4.57 Å². The number of nitrogens with zero attached hydrogens (tertiary/aromatic N) is 2. The van der Waals surface area contributed by atoms with Gasteiger partial charge in [-0.15, -0.1) is 0 Å². The summed E-state index contributed by atoms with van der Waals surface area (Å²) in [6, 6.07) is 51.5. The molecule has 0 saturated carbocycles. The van der Waals surface area contributed by atoms with Crippen LogP contribution in [-0.2, 0) is 17.3 Å². The van der Waals surface area contributed by atoms with E-state index in [0.717, 1.165) is 17.8 Å². The summed E-state index contributed by atoms with van der Waals surface area (Å²) in [5.41, 5.74) is 15.2. The van der Waals surface area contributed by atoms with Gasteiger partial charge in [-0.3, -0.25) is 4.99 Å². The number of hydrogen-bond donors (Lipinski definition) is 0. The Morgan fingerprint density at radius 2 is 1.23 bits per heavy atom. The predicted molar refractivity (Wildman–Crippen MR) is 197 cm³/mol. The van der Waals surface area contributed by atoms with Gasteiger partial charge in [0.1, 0.15) is 0 Å². The van der Waals surface area contributed by atoms with Crippen molar-refractivity contribution in [3.8, 4) is 5.69 Å². The monoisotopic (exact) mass is 606 g/mol. The molecule has 228 valence electrons. The first-order valence-corrected chi connectivity index (χ1v) is 16.8. The van der Waals surface area contributed by atoms with E-state index in [9.17, 15) is 0 Å². The van der Waals surface area contributed by atoms with Crippen LogP contribution in [0.4, 0.5) is 5.69 Å². The van der Waals surface area contributed by atoms with Crippen LogP contribution in [0.25, 0.3) is 27.5 Å². The highest BCUT2D eigenvalue weighted by molar-refractivity contribution is 6.21. The first-order chi connectivity index (χ1) is 22.8. The zero-order valence-electron chi connectivity index (χ0n) is 27.5. The molecule has 2 heterocycles. The third-order valence-electron chi connectivity index (χ3n) is 11.0. The molecule has 6 aromatic carbocycles. The summed E-state index contributed by atoms with van der Waals surface area (Å²) < 4.78 is 2.45. The number of hydrogen-bond acceptors (Lipinski definition) is 1. The van der Waals surface area contributed by atoms with Crippen LogP contribution in [0.2, 0.25) is 0 Å². The smallest absolute Gasteiger partial charge is 0.0775 e. The fourth-order valence-electron chi connectivity index (χ4n) is 8.67. The molecule has 7 aromatic rings. The zero-order chi connectivity index (χ0) is 31.9. The Balaban J connectivity index is 1.20. The van der Waals surface area contributed by atoms with E-state index in [1.807, 2.05) is 0 Å². The number of aliphatic imine (C=N–C) groups is 1. The predicted octanol–water partition coefficient (Wildman–Crippen LogP) is 11.2. The highest BCUT2D eigenvalue weighted by Gasteiger charge is 2.38. The van der Waals surface area contributed by atoms with Crippen LogP contribution in [0, 0.1) is 0 Å². The lowest BCUT2D eigenvalue weighted by atomic mass is 9.64. The Morgan fingerprint density at radius 3 is 1.98 bits per heavy atom. The molecule has 0 spiro atoms. The lowest BCUT2D eigenvalue weighted by Gasteiger charge is -2.39. The third kappa shape index (κ3) is 4.07. The standard InChI is InChI=1S/C45H38N2/c1-44(2)36-22-11-8-19-32(36)35(33-20-9-12-23-37(33)44)28-29-15-14-18-31(27-29)47-39-24-13-10-21-34(39)41-40(47)26-25-38-42(41)46-43(45(38,3)4)30-16-6-5-7-17-30/h5-27,35H,28H2,1-4H3. The molecule has 47 heavy (non-hydrogen) atoms. The molecule has 0 unspecified atom stereocenters. The van der Waals surface area contributed by atoms with E-state index in [-0.39, 0.29) is 10.8 Å². The van der Waals surface area contributed by atoms with Gasteiger partial charge in [0.05, 0.1) is 22.4 Å². The van der Waals surface area contributed by atoms with Gasteiger partial charge in [-0.25, -0.2) is 0 Å². The molecule has 2 heteroatoms. The van der Waals surface area contributed by atoms with Gasteiger partial charge in [-0.05, 0) is 69.6 Å².